The van der Waals surface area contributed by atoms with Crippen LogP contribution in [0.25, 0.3) is 11.0 Å². The van der Waals surface area contributed by atoms with Crippen LogP contribution in [0.15, 0.2) is 12.1 Å². The topological polar surface area (TPSA) is 95.2 Å². The molecule has 6 nitrogen and oxygen atoms in total. The highest BCUT2D eigenvalue weighted by atomic mass is 19.1. The Morgan fingerprint density at radius 3 is 2.82 bits per heavy atom. The average Bonchev–Trinajstić information content (AvgIpc) is 3.31. The molecule has 0 bridgehead atoms. The van der Waals surface area contributed by atoms with Crippen molar-refractivity contribution < 1.29 is 14.3 Å². The van der Waals surface area contributed by atoms with E-state index >= 15 is 4.39 Å². The van der Waals surface area contributed by atoms with Crippen LogP contribution in [0.5, 0.6) is 0 Å². The molecule has 2 fully saturated rings. The zero-order valence-electron chi connectivity index (χ0n) is 16.3. The predicted molar refractivity (Wildman–Crippen MR) is 105 cm³/mol. The summed E-state index contributed by atoms with van der Waals surface area (Å²) >= 11 is 0. The van der Waals surface area contributed by atoms with E-state index in [4.69, 9.17) is 5.73 Å². The first-order chi connectivity index (χ1) is 13.4. The van der Waals surface area contributed by atoms with Gasteiger partial charge in [0.2, 0.25) is 0 Å². The van der Waals surface area contributed by atoms with Crippen molar-refractivity contribution in [3.05, 3.63) is 29.3 Å². The van der Waals surface area contributed by atoms with Gasteiger partial charge in [0.15, 0.2) is 5.82 Å². The zero-order valence-corrected chi connectivity index (χ0v) is 16.3. The number of halogens is 1. The molecular formula is C21H29FN4O2. The minimum atomic E-state index is -0.839. The van der Waals surface area contributed by atoms with E-state index in [0.29, 0.717) is 41.3 Å². The summed E-state index contributed by atoms with van der Waals surface area (Å²) in [5, 5.41) is 9.34. The summed E-state index contributed by atoms with van der Waals surface area (Å²) in [7, 11) is 0. The molecule has 1 aromatic carbocycles. The fourth-order valence-corrected chi connectivity index (χ4v) is 4.76. The van der Waals surface area contributed by atoms with Gasteiger partial charge in [-0.2, -0.15) is 0 Å². The molecule has 4 N–H and O–H groups in total. The van der Waals surface area contributed by atoms with Gasteiger partial charge in [0.1, 0.15) is 17.4 Å². The van der Waals surface area contributed by atoms with Gasteiger partial charge in [-0.25, -0.2) is 9.37 Å². The molecule has 0 radical (unpaired) electrons. The van der Waals surface area contributed by atoms with Gasteiger partial charge in [-0.3, -0.25) is 9.69 Å². The Labute approximate surface area is 164 Å². The second-order valence-electron chi connectivity index (χ2n) is 8.57. The number of aliphatic carboxylic acids is 1. The molecule has 1 saturated heterocycles. The van der Waals surface area contributed by atoms with Gasteiger partial charge in [-0.05, 0) is 50.1 Å². The van der Waals surface area contributed by atoms with Crippen molar-refractivity contribution in [1.29, 1.82) is 0 Å². The summed E-state index contributed by atoms with van der Waals surface area (Å²) in [6.45, 7) is 3.23. The van der Waals surface area contributed by atoms with Crippen molar-refractivity contribution in [3.8, 4) is 0 Å². The fraction of sp³-hybridized carbons (Fsp3) is 0.619. The van der Waals surface area contributed by atoms with E-state index in [1.165, 1.54) is 12.8 Å². The van der Waals surface area contributed by atoms with Crippen LogP contribution in [0.1, 0.15) is 62.9 Å². The number of aromatic nitrogens is 2. The lowest BCUT2D eigenvalue weighted by atomic mass is 9.79. The van der Waals surface area contributed by atoms with Crippen LogP contribution in [0.2, 0.25) is 0 Å². The lowest BCUT2D eigenvalue weighted by molar-refractivity contribution is -0.142. The van der Waals surface area contributed by atoms with E-state index in [9.17, 15) is 9.90 Å². The number of carbonyl (C=O) groups is 1. The minimum absolute atomic E-state index is 0.210. The van der Waals surface area contributed by atoms with Crippen molar-refractivity contribution in [2.24, 2.45) is 17.6 Å². The highest BCUT2D eigenvalue weighted by Crippen LogP contribution is 2.35. The van der Waals surface area contributed by atoms with Gasteiger partial charge < -0.3 is 15.8 Å². The standard InChI is InChI=1S/C21H29FN4O2/c1-12-4-6-13(7-5-12)18(23)20-24-15-9-8-14(17(22)19(15)25-20)11-26-10-2-3-16(26)21(27)28/h8-9,12-13,16,18H,2-7,10-11,23H2,1H3,(H,24,25)(H,27,28)/t12?,13?,16-,18?/m1/s1. The smallest absolute Gasteiger partial charge is 0.320 e. The molecule has 1 aromatic heterocycles. The number of rotatable bonds is 5. The molecule has 2 aromatic rings. The Morgan fingerprint density at radius 2 is 2.11 bits per heavy atom. The second-order valence-corrected chi connectivity index (χ2v) is 8.57. The SMILES string of the molecule is CC1CCC(C(N)c2nc3c(F)c(CN4CCC[C@@H]4C(=O)O)ccc3[nH]2)CC1. The summed E-state index contributed by atoms with van der Waals surface area (Å²) in [5.74, 6) is 0.559. The fourth-order valence-electron chi connectivity index (χ4n) is 4.76. The molecule has 7 heteroatoms. The van der Waals surface area contributed by atoms with E-state index in [-0.39, 0.29) is 18.4 Å². The summed E-state index contributed by atoms with van der Waals surface area (Å²) in [4.78, 5) is 20.9. The third-order valence-corrected chi connectivity index (χ3v) is 6.60. The number of imidazole rings is 1. The van der Waals surface area contributed by atoms with Crippen LogP contribution in [0.4, 0.5) is 4.39 Å². The van der Waals surface area contributed by atoms with Crippen LogP contribution in [-0.2, 0) is 11.3 Å². The number of hydrogen-bond donors (Lipinski definition) is 3. The Balaban J connectivity index is 1.55. The molecule has 4 rings (SSSR count). The Kier molecular flexibility index (Phi) is 5.38. The number of carboxylic acids is 1. The van der Waals surface area contributed by atoms with Crippen LogP contribution in [0.3, 0.4) is 0 Å². The minimum Gasteiger partial charge on any atom is -0.480 e. The molecule has 152 valence electrons. The normalized spacial score (nSPS) is 27.3. The first-order valence-electron chi connectivity index (χ1n) is 10.3. The lowest BCUT2D eigenvalue weighted by Crippen LogP contribution is -2.35. The van der Waals surface area contributed by atoms with Crippen molar-refractivity contribution in [2.45, 2.75) is 64.1 Å². The van der Waals surface area contributed by atoms with Crippen LogP contribution >= 0.6 is 0 Å². The quantitative estimate of drug-likeness (QED) is 0.728. The average molecular weight is 388 g/mol. The Bertz CT molecular complexity index is 859. The van der Waals surface area contributed by atoms with Gasteiger partial charge >= 0.3 is 5.97 Å². The van der Waals surface area contributed by atoms with E-state index in [1.807, 2.05) is 11.0 Å². The predicted octanol–water partition coefficient (Wildman–Crippen LogP) is 3.58. The summed E-state index contributed by atoms with van der Waals surface area (Å²) in [6.07, 6.45) is 5.95. The van der Waals surface area contributed by atoms with Crippen LogP contribution in [0, 0.1) is 17.7 Å². The van der Waals surface area contributed by atoms with Gasteiger partial charge in [0.25, 0.3) is 0 Å². The van der Waals surface area contributed by atoms with Crippen molar-refractivity contribution in [1.82, 2.24) is 14.9 Å². The van der Waals surface area contributed by atoms with Crippen molar-refractivity contribution >= 4 is 17.0 Å². The third kappa shape index (κ3) is 3.65. The first-order valence-corrected chi connectivity index (χ1v) is 10.3. The molecule has 0 amide bonds. The van der Waals surface area contributed by atoms with Crippen LogP contribution in [-0.4, -0.2) is 38.5 Å². The zero-order chi connectivity index (χ0) is 19.8. The highest BCUT2D eigenvalue weighted by Gasteiger charge is 2.31. The molecule has 1 aliphatic carbocycles. The van der Waals surface area contributed by atoms with Crippen molar-refractivity contribution in [2.75, 3.05) is 6.54 Å². The van der Waals surface area contributed by atoms with Gasteiger partial charge in [0.05, 0.1) is 11.6 Å². The number of nitrogens with one attached hydrogen (secondary N) is 1. The number of aromatic amines is 1. The summed E-state index contributed by atoms with van der Waals surface area (Å²) < 4.78 is 15.1. The summed E-state index contributed by atoms with van der Waals surface area (Å²) in [5.41, 5.74) is 7.90. The number of H-pyrrole nitrogens is 1. The van der Waals surface area contributed by atoms with Gasteiger partial charge in [-0.15, -0.1) is 0 Å². The second kappa shape index (κ2) is 7.79. The number of likely N-dealkylation sites (tertiary alicyclic amines) is 1. The number of fused-ring (bicyclic) bond motifs is 1. The Morgan fingerprint density at radius 1 is 1.36 bits per heavy atom. The first kappa shape index (κ1) is 19.3. The number of benzene rings is 1. The molecular weight excluding hydrogens is 359 g/mol. The summed E-state index contributed by atoms with van der Waals surface area (Å²) in [6, 6.07) is 2.81. The molecule has 28 heavy (non-hydrogen) atoms. The Hall–Kier alpha value is -1.99. The number of carboxylic acid groups (broad SMARTS) is 1. The third-order valence-electron chi connectivity index (χ3n) is 6.60. The monoisotopic (exact) mass is 388 g/mol. The molecule has 1 saturated carbocycles. The van der Waals surface area contributed by atoms with E-state index in [2.05, 4.69) is 16.9 Å². The maximum absolute atomic E-state index is 15.1. The van der Waals surface area contributed by atoms with Crippen LogP contribution < -0.4 is 5.73 Å². The maximum atomic E-state index is 15.1. The molecule has 1 aliphatic heterocycles. The van der Waals surface area contributed by atoms with Gasteiger partial charge in [-0.1, -0.05) is 25.8 Å². The lowest BCUT2D eigenvalue weighted by Gasteiger charge is -2.29. The molecule has 2 heterocycles. The highest BCUT2D eigenvalue weighted by molar-refractivity contribution is 5.77. The maximum Gasteiger partial charge on any atom is 0.320 e. The molecule has 2 aliphatic rings. The number of nitrogens with zero attached hydrogens (tertiary/aromatic N) is 2. The number of hydrogen-bond acceptors (Lipinski definition) is 4. The molecule has 2 atom stereocenters. The van der Waals surface area contributed by atoms with E-state index in [1.54, 1.807) is 6.07 Å². The number of nitrogens with two attached hydrogens (primary N) is 1. The molecule has 1 unspecified atom stereocenters. The van der Waals surface area contributed by atoms with E-state index in [0.717, 1.165) is 25.2 Å². The van der Waals surface area contributed by atoms with E-state index < -0.39 is 12.0 Å². The molecule has 0 spiro atoms. The van der Waals surface area contributed by atoms with Crippen molar-refractivity contribution in [3.63, 3.8) is 0 Å². The largest absolute Gasteiger partial charge is 0.480 e. The van der Waals surface area contributed by atoms with Gasteiger partial charge in [0, 0.05) is 12.1 Å².